The molecule has 2 atom stereocenters. The van der Waals surface area contributed by atoms with E-state index in [-0.39, 0.29) is 0 Å². The zero-order valence-electron chi connectivity index (χ0n) is 17.4. The van der Waals surface area contributed by atoms with Gasteiger partial charge in [-0.15, -0.1) is 0 Å². The predicted molar refractivity (Wildman–Crippen MR) is 129 cm³/mol. The highest BCUT2D eigenvalue weighted by Gasteiger charge is 2.28. The lowest BCUT2D eigenvalue weighted by atomic mass is 9.86. The molecular formula is C28H25NS. The first-order chi connectivity index (χ1) is 14.7. The lowest BCUT2D eigenvalue weighted by Crippen LogP contribution is -2.16. The van der Waals surface area contributed by atoms with Crippen molar-refractivity contribution in [3.63, 3.8) is 0 Å². The molecule has 148 valence electrons. The zero-order chi connectivity index (χ0) is 20.5. The summed E-state index contributed by atoms with van der Waals surface area (Å²) in [5, 5.41) is 0. The van der Waals surface area contributed by atoms with Crippen molar-refractivity contribution >= 4 is 23.2 Å². The van der Waals surface area contributed by atoms with Crippen molar-refractivity contribution in [1.29, 1.82) is 0 Å². The number of hydrogen-bond donors (Lipinski definition) is 0. The average Bonchev–Trinajstić information content (AvgIpc) is 2.82. The maximum Gasteiger partial charge on any atom is 0.0808 e. The van der Waals surface area contributed by atoms with Gasteiger partial charge >= 0.3 is 0 Å². The first-order valence-electron chi connectivity index (χ1n) is 10.6. The van der Waals surface area contributed by atoms with E-state index in [1.54, 1.807) is 0 Å². The fraction of sp³-hybridized carbons (Fsp3) is 0.179. The summed E-state index contributed by atoms with van der Waals surface area (Å²) in [6.45, 7) is 4.59. The van der Waals surface area contributed by atoms with E-state index >= 15 is 0 Å². The molecule has 1 nitrogen and oxygen atoms in total. The number of hydrogen-bond acceptors (Lipinski definition) is 2. The molecule has 3 aromatic carbocycles. The molecule has 2 aliphatic rings. The third-order valence-corrected chi connectivity index (χ3v) is 7.38. The van der Waals surface area contributed by atoms with Gasteiger partial charge in [0.05, 0.1) is 11.4 Å². The number of fused-ring (bicyclic) bond motifs is 2. The van der Waals surface area contributed by atoms with Crippen molar-refractivity contribution in [1.82, 2.24) is 0 Å². The summed E-state index contributed by atoms with van der Waals surface area (Å²) in [5.41, 5.74) is 7.64. The van der Waals surface area contributed by atoms with E-state index < -0.39 is 0 Å². The summed E-state index contributed by atoms with van der Waals surface area (Å²) in [7, 11) is 0. The largest absolute Gasteiger partial charge is 0.246 e. The normalized spacial score (nSPS) is 17.1. The minimum absolute atomic E-state index is 0.335. The van der Waals surface area contributed by atoms with E-state index in [2.05, 4.69) is 105 Å². The first kappa shape index (κ1) is 19.1. The Hall–Kier alpha value is -2.84. The van der Waals surface area contributed by atoms with E-state index in [4.69, 9.17) is 4.99 Å². The van der Waals surface area contributed by atoms with E-state index in [9.17, 15) is 0 Å². The second-order valence-corrected chi connectivity index (χ2v) is 9.04. The van der Waals surface area contributed by atoms with Crippen molar-refractivity contribution in [2.75, 3.05) is 0 Å². The van der Waals surface area contributed by atoms with Gasteiger partial charge in [-0.3, -0.25) is 0 Å². The Morgan fingerprint density at radius 1 is 0.733 bits per heavy atom. The fourth-order valence-electron chi connectivity index (χ4n) is 4.38. The van der Waals surface area contributed by atoms with Gasteiger partial charge in [0.25, 0.3) is 0 Å². The topological polar surface area (TPSA) is 12.4 Å². The molecule has 0 amide bonds. The predicted octanol–water partition coefficient (Wildman–Crippen LogP) is 8.03. The second-order valence-electron chi connectivity index (χ2n) is 7.99. The minimum Gasteiger partial charge on any atom is -0.246 e. The van der Waals surface area contributed by atoms with Crippen LogP contribution in [0.15, 0.2) is 111 Å². The van der Waals surface area contributed by atoms with Crippen LogP contribution in [0.25, 0.3) is 0 Å². The Bertz CT molecular complexity index is 1160. The highest BCUT2D eigenvalue weighted by Crippen LogP contribution is 2.48. The lowest BCUT2D eigenvalue weighted by molar-refractivity contribution is 0.892. The van der Waals surface area contributed by atoms with Crippen LogP contribution in [0.4, 0.5) is 5.69 Å². The maximum absolute atomic E-state index is 5.19. The number of thioether (sulfide) groups is 1. The molecule has 0 spiro atoms. The van der Waals surface area contributed by atoms with Crippen LogP contribution in [0.5, 0.6) is 0 Å². The van der Waals surface area contributed by atoms with E-state index in [0.717, 1.165) is 17.8 Å². The molecule has 2 heteroatoms. The molecule has 0 saturated carbocycles. The van der Waals surface area contributed by atoms with Gasteiger partial charge < -0.3 is 0 Å². The molecule has 0 fully saturated rings. The quantitative estimate of drug-likeness (QED) is 0.426. The fourth-order valence-corrected chi connectivity index (χ4v) is 5.62. The molecular weight excluding hydrogens is 382 g/mol. The summed E-state index contributed by atoms with van der Waals surface area (Å²) < 4.78 is 0. The second kappa shape index (κ2) is 8.12. The SMILES string of the molecule is CC(C1=CCC=C2Sc3c(cccc3C(C)c3ccccc3)N=C21)c1ccccc1. The van der Waals surface area contributed by atoms with Gasteiger partial charge in [0.15, 0.2) is 0 Å². The molecule has 30 heavy (non-hydrogen) atoms. The number of nitrogens with zero attached hydrogens (tertiary/aromatic N) is 1. The number of benzene rings is 3. The van der Waals surface area contributed by atoms with Gasteiger partial charge in [-0.1, -0.05) is 111 Å². The Morgan fingerprint density at radius 2 is 1.40 bits per heavy atom. The van der Waals surface area contributed by atoms with Crippen molar-refractivity contribution in [2.24, 2.45) is 4.99 Å². The van der Waals surface area contributed by atoms with Gasteiger partial charge in [-0.05, 0) is 34.8 Å². The molecule has 0 N–H and O–H groups in total. The van der Waals surface area contributed by atoms with E-state index in [0.29, 0.717) is 11.8 Å². The average molecular weight is 408 g/mol. The zero-order valence-corrected chi connectivity index (χ0v) is 18.2. The Balaban J connectivity index is 1.55. The summed E-state index contributed by atoms with van der Waals surface area (Å²) >= 11 is 1.90. The van der Waals surface area contributed by atoms with Gasteiger partial charge in [0.1, 0.15) is 0 Å². The molecule has 3 aromatic rings. The molecule has 2 unspecified atom stereocenters. The first-order valence-corrected chi connectivity index (χ1v) is 11.4. The summed E-state index contributed by atoms with van der Waals surface area (Å²) in [6, 6.07) is 28.1. The van der Waals surface area contributed by atoms with Crippen LogP contribution in [0, 0.1) is 0 Å². The van der Waals surface area contributed by atoms with E-state index in [1.807, 2.05) is 11.8 Å². The molecule has 0 aromatic heterocycles. The standard InChI is InChI=1S/C28H25NS/c1-19(21-11-5-3-6-12-21)23-15-10-18-26-27(23)29-25-17-9-16-24(28(25)30-26)20(2)22-13-7-4-8-14-22/h3-9,11-20H,10H2,1-2H3. The summed E-state index contributed by atoms with van der Waals surface area (Å²) in [6.07, 6.45) is 5.65. The monoisotopic (exact) mass is 407 g/mol. The lowest BCUT2D eigenvalue weighted by Gasteiger charge is -2.28. The smallest absolute Gasteiger partial charge is 0.0808 e. The highest BCUT2D eigenvalue weighted by molar-refractivity contribution is 8.04. The Kier molecular flexibility index (Phi) is 5.18. The van der Waals surface area contributed by atoms with Crippen LogP contribution >= 0.6 is 11.8 Å². The van der Waals surface area contributed by atoms with Crippen LogP contribution in [-0.4, -0.2) is 5.71 Å². The van der Waals surface area contributed by atoms with Crippen LogP contribution in [0.1, 0.15) is 48.8 Å². The third-order valence-electron chi connectivity index (χ3n) is 6.15. The number of aliphatic imine (C=N–C) groups is 1. The molecule has 5 rings (SSSR count). The Labute approximate surface area is 183 Å². The van der Waals surface area contributed by atoms with E-state index in [1.165, 1.54) is 32.1 Å². The van der Waals surface area contributed by atoms with Crippen molar-refractivity contribution < 1.29 is 0 Å². The number of rotatable bonds is 4. The third kappa shape index (κ3) is 3.46. The number of allylic oxidation sites excluding steroid dienone is 4. The van der Waals surface area contributed by atoms with Gasteiger partial charge in [-0.25, -0.2) is 4.99 Å². The van der Waals surface area contributed by atoms with Crippen LogP contribution in [0.2, 0.25) is 0 Å². The molecule has 1 aliphatic carbocycles. The van der Waals surface area contributed by atoms with Crippen molar-refractivity contribution in [3.05, 3.63) is 118 Å². The van der Waals surface area contributed by atoms with Gasteiger partial charge in [-0.2, -0.15) is 0 Å². The van der Waals surface area contributed by atoms with Crippen molar-refractivity contribution in [2.45, 2.75) is 37.0 Å². The maximum atomic E-state index is 5.19. The van der Waals surface area contributed by atoms with Crippen molar-refractivity contribution in [3.8, 4) is 0 Å². The molecule has 0 saturated heterocycles. The summed E-state index contributed by atoms with van der Waals surface area (Å²) in [5.74, 6) is 0.676. The van der Waals surface area contributed by atoms with Crippen LogP contribution in [-0.2, 0) is 0 Å². The molecule has 1 heterocycles. The Morgan fingerprint density at radius 3 is 2.10 bits per heavy atom. The van der Waals surface area contributed by atoms with Gasteiger partial charge in [0.2, 0.25) is 0 Å². The highest BCUT2D eigenvalue weighted by atomic mass is 32.2. The van der Waals surface area contributed by atoms with Gasteiger partial charge in [0, 0.05) is 21.6 Å². The molecule has 1 aliphatic heterocycles. The minimum atomic E-state index is 0.335. The molecule has 0 bridgehead atoms. The molecule has 0 radical (unpaired) electrons. The summed E-state index contributed by atoms with van der Waals surface area (Å²) in [4.78, 5) is 7.80. The van der Waals surface area contributed by atoms with Crippen LogP contribution in [0.3, 0.4) is 0 Å². The van der Waals surface area contributed by atoms with Crippen LogP contribution < -0.4 is 0 Å².